The van der Waals surface area contributed by atoms with Crippen LogP contribution < -0.4 is 5.32 Å². The van der Waals surface area contributed by atoms with E-state index in [-0.39, 0.29) is 25.2 Å². The van der Waals surface area contributed by atoms with Gasteiger partial charge in [0.05, 0.1) is 17.9 Å². The number of hydrogen-bond acceptors (Lipinski definition) is 6. The summed E-state index contributed by atoms with van der Waals surface area (Å²) < 4.78 is 5.39. The number of aliphatic hydroxyl groups excluding tert-OH is 2. The molecular weight excluding hydrogens is 516 g/mol. The standard InChI is InChI=1S/C34H34N2O5/c35-30(31(37)27-19-11-4-12-20-27)28(21-24-13-5-1-6-14-24)32(38)33(39)29(22-25-15-7-2-8-16-25)36-34(40)41-23-26-17-9-3-10-18-26/h1-20,28-29,32-33,35,38-39H,21-23H2,(H,36,40)/t28-,29+,32-,33-/m0/s1. The van der Waals surface area contributed by atoms with E-state index in [2.05, 4.69) is 5.32 Å². The van der Waals surface area contributed by atoms with Crippen molar-refractivity contribution in [2.45, 2.75) is 37.7 Å². The first-order valence-corrected chi connectivity index (χ1v) is 13.5. The SMILES string of the molecule is N=C(C(=O)c1ccccc1)[C@H](Cc1ccccc1)[C@H](O)[C@@H](O)[C@@H](Cc1ccccc1)NC(=O)OCc1ccccc1. The zero-order valence-corrected chi connectivity index (χ0v) is 22.6. The molecule has 7 nitrogen and oxygen atoms in total. The number of aliphatic hydroxyl groups is 2. The van der Waals surface area contributed by atoms with Crippen LogP contribution in [0.2, 0.25) is 0 Å². The number of carbonyl (C=O) groups excluding carboxylic acids is 2. The summed E-state index contributed by atoms with van der Waals surface area (Å²) in [6, 6.07) is 35.1. The van der Waals surface area contributed by atoms with Crippen molar-refractivity contribution in [1.82, 2.24) is 5.32 Å². The van der Waals surface area contributed by atoms with Gasteiger partial charge in [0.25, 0.3) is 0 Å². The van der Waals surface area contributed by atoms with Crippen LogP contribution in [0.25, 0.3) is 0 Å². The van der Waals surface area contributed by atoms with Crippen LogP contribution in [-0.2, 0) is 24.2 Å². The zero-order valence-electron chi connectivity index (χ0n) is 22.6. The van der Waals surface area contributed by atoms with Gasteiger partial charge >= 0.3 is 6.09 Å². The quantitative estimate of drug-likeness (QED) is 0.138. The minimum absolute atomic E-state index is 0.0379. The summed E-state index contributed by atoms with van der Waals surface area (Å²) >= 11 is 0. The Bertz CT molecular complexity index is 1400. The number of Topliss-reactive ketones (excluding diaryl/α,β-unsaturated/α-hetero) is 1. The third-order valence-corrected chi connectivity index (χ3v) is 6.94. The molecule has 0 aromatic heterocycles. The van der Waals surface area contributed by atoms with Gasteiger partial charge in [0.15, 0.2) is 0 Å². The highest BCUT2D eigenvalue weighted by molar-refractivity contribution is 6.45. The maximum absolute atomic E-state index is 13.3. The largest absolute Gasteiger partial charge is 0.445 e. The second kappa shape index (κ2) is 14.7. The molecule has 0 aliphatic heterocycles. The molecule has 210 valence electrons. The lowest BCUT2D eigenvalue weighted by molar-refractivity contribution is -0.0217. The van der Waals surface area contributed by atoms with Crippen molar-refractivity contribution in [1.29, 1.82) is 5.41 Å². The van der Waals surface area contributed by atoms with Crippen LogP contribution in [0, 0.1) is 11.3 Å². The highest BCUT2D eigenvalue weighted by Gasteiger charge is 2.37. The molecule has 0 aliphatic carbocycles. The minimum atomic E-state index is -1.54. The van der Waals surface area contributed by atoms with Crippen molar-refractivity contribution >= 4 is 17.6 Å². The lowest BCUT2D eigenvalue weighted by Crippen LogP contribution is -2.53. The smallest absolute Gasteiger partial charge is 0.407 e. The Kier molecular flexibility index (Phi) is 10.5. The van der Waals surface area contributed by atoms with Gasteiger partial charge < -0.3 is 25.7 Å². The van der Waals surface area contributed by atoms with Crippen LogP contribution in [0.5, 0.6) is 0 Å². The zero-order chi connectivity index (χ0) is 29.0. The van der Waals surface area contributed by atoms with Crippen LogP contribution in [0.1, 0.15) is 27.0 Å². The maximum Gasteiger partial charge on any atom is 0.407 e. The van der Waals surface area contributed by atoms with E-state index in [9.17, 15) is 19.8 Å². The number of carbonyl (C=O) groups is 2. The molecule has 0 fully saturated rings. The van der Waals surface area contributed by atoms with Crippen molar-refractivity contribution in [3.8, 4) is 0 Å². The fourth-order valence-electron chi connectivity index (χ4n) is 4.69. The molecule has 0 unspecified atom stereocenters. The first-order valence-electron chi connectivity index (χ1n) is 13.5. The van der Waals surface area contributed by atoms with E-state index in [1.165, 1.54) is 0 Å². The molecule has 0 saturated carbocycles. The lowest BCUT2D eigenvalue weighted by atomic mass is 9.81. The lowest BCUT2D eigenvalue weighted by Gasteiger charge is -2.32. The van der Waals surface area contributed by atoms with Crippen molar-refractivity contribution < 1.29 is 24.5 Å². The molecule has 0 saturated heterocycles. The summed E-state index contributed by atoms with van der Waals surface area (Å²) in [5, 5.41) is 34.5. The number of amides is 1. The maximum atomic E-state index is 13.3. The topological polar surface area (TPSA) is 120 Å². The molecule has 4 rings (SSSR count). The first kappa shape index (κ1) is 29.4. The summed E-state index contributed by atoms with van der Waals surface area (Å²) in [6.07, 6.45) is -3.48. The molecule has 0 bridgehead atoms. The van der Waals surface area contributed by atoms with Crippen LogP contribution in [0.15, 0.2) is 121 Å². The number of alkyl carbamates (subject to hydrolysis) is 1. The van der Waals surface area contributed by atoms with Gasteiger partial charge in [-0.2, -0.15) is 0 Å². The molecular formula is C34H34N2O5. The van der Waals surface area contributed by atoms with Crippen molar-refractivity contribution in [3.63, 3.8) is 0 Å². The third kappa shape index (κ3) is 8.45. The molecule has 4 N–H and O–H groups in total. The van der Waals surface area contributed by atoms with Crippen LogP contribution >= 0.6 is 0 Å². The Morgan fingerprint density at radius 2 is 1.12 bits per heavy atom. The van der Waals surface area contributed by atoms with Gasteiger partial charge in [-0.05, 0) is 29.5 Å². The average Bonchev–Trinajstić information content (AvgIpc) is 3.03. The van der Waals surface area contributed by atoms with E-state index in [4.69, 9.17) is 10.1 Å². The van der Waals surface area contributed by atoms with Crippen molar-refractivity contribution in [2.75, 3.05) is 0 Å². The highest BCUT2D eigenvalue weighted by Crippen LogP contribution is 2.22. The van der Waals surface area contributed by atoms with Gasteiger partial charge in [0.1, 0.15) is 12.7 Å². The molecule has 41 heavy (non-hydrogen) atoms. The van der Waals surface area contributed by atoms with Gasteiger partial charge in [-0.25, -0.2) is 4.79 Å². The molecule has 0 spiro atoms. The fourth-order valence-corrected chi connectivity index (χ4v) is 4.69. The van der Waals surface area contributed by atoms with Crippen LogP contribution in [0.3, 0.4) is 0 Å². The molecule has 1 amide bonds. The summed E-state index contributed by atoms with van der Waals surface area (Å²) in [5.41, 5.74) is 2.42. The number of benzene rings is 4. The van der Waals surface area contributed by atoms with E-state index < -0.39 is 36.0 Å². The predicted octanol–water partition coefficient (Wildman–Crippen LogP) is 5.01. The molecule has 4 aromatic rings. The van der Waals surface area contributed by atoms with Crippen molar-refractivity contribution in [3.05, 3.63) is 144 Å². The van der Waals surface area contributed by atoms with E-state index in [1.54, 1.807) is 30.3 Å². The Morgan fingerprint density at radius 3 is 1.66 bits per heavy atom. The summed E-state index contributed by atoms with van der Waals surface area (Å²) in [4.78, 5) is 26.1. The van der Waals surface area contributed by atoms with Gasteiger partial charge in [-0.15, -0.1) is 0 Å². The first-order chi connectivity index (χ1) is 19.9. The van der Waals surface area contributed by atoms with Crippen LogP contribution in [-0.4, -0.2) is 46.1 Å². The molecule has 0 radical (unpaired) electrons. The Morgan fingerprint density at radius 1 is 0.659 bits per heavy atom. The van der Waals surface area contributed by atoms with E-state index in [0.29, 0.717) is 5.56 Å². The normalized spacial score (nSPS) is 13.8. The minimum Gasteiger partial charge on any atom is -0.445 e. The number of ether oxygens (including phenoxy) is 1. The average molecular weight is 551 g/mol. The number of rotatable bonds is 13. The Hall–Kier alpha value is -4.59. The van der Waals surface area contributed by atoms with E-state index in [0.717, 1.165) is 16.7 Å². The van der Waals surface area contributed by atoms with E-state index in [1.807, 2.05) is 91.0 Å². The van der Waals surface area contributed by atoms with Gasteiger partial charge in [0.2, 0.25) is 5.78 Å². The van der Waals surface area contributed by atoms with Crippen molar-refractivity contribution in [2.24, 2.45) is 5.92 Å². The molecule has 4 aromatic carbocycles. The van der Waals surface area contributed by atoms with E-state index >= 15 is 0 Å². The second-order valence-electron chi connectivity index (χ2n) is 9.89. The fraction of sp³-hybridized carbons (Fsp3) is 0.206. The van der Waals surface area contributed by atoms with Crippen LogP contribution in [0.4, 0.5) is 4.79 Å². The summed E-state index contributed by atoms with van der Waals surface area (Å²) in [6.45, 7) is 0.0379. The van der Waals surface area contributed by atoms with Gasteiger partial charge in [-0.1, -0.05) is 121 Å². The number of nitrogens with one attached hydrogen (secondary N) is 2. The highest BCUT2D eigenvalue weighted by atomic mass is 16.5. The Balaban J connectivity index is 1.57. The molecule has 7 heteroatoms. The van der Waals surface area contributed by atoms with Gasteiger partial charge in [-0.3, -0.25) is 4.79 Å². The second-order valence-corrected chi connectivity index (χ2v) is 9.89. The Labute approximate surface area is 240 Å². The number of ketones is 1. The molecule has 0 heterocycles. The number of hydrogen-bond donors (Lipinski definition) is 4. The van der Waals surface area contributed by atoms with Gasteiger partial charge in [0, 0.05) is 11.5 Å². The molecule has 0 aliphatic rings. The molecule has 4 atom stereocenters. The summed E-state index contributed by atoms with van der Waals surface area (Å²) in [7, 11) is 0. The third-order valence-electron chi connectivity index (χ3n) is 6.94. The monoisotopic (exact) mass is 550 g/mol. The summed E-state index contributed by atoms with van der Waals surface area (Å²) in [5.74, 6) is -1.58. The predicted molar refractivity (Wildman–Crippen MR) is 158 cm³/mol.